The maximum atomic E-state index is 10.8. The van der Waals surface area contributed by atoms with E-state index >= 15 is 0 Å². The van der Waals surface area contributed by atoms with Crippen LogP contribution in [0.3, 0.4) is 0 Å². The topological polar surface area (TPSA) is 73.6 Å². The lowest BCUT2D eigenvalue weighted by molar-refractivity contribution is -0.119. The van der Waals surface area contributed by atoms with Gasteiger partial charge in [-0.25, -0.2) is 0 Å². The summed E-state index contributed by atoms with van der Waals surface area (Å²) in [5.41, 5.74) is 6.04. The molecule has 7 heteroatoms. The van der Waals surface area contributed by atoms with E-state index in [0.717, 1.165) is 11.3 Å². The van der Waals surface area contributed by atoms with Gasteiger partial charge < -0.3 is 20.5 Å². The number of nitrogens with one attached hydrogen (secondary N) is 1. The van der Waals surface area contributed by atoms with Crippen LogP contribution in [0.15, 0.2) is 12.1 Å². The van der Waals surface area contributed by atoms with Crippen molar-refractivity contribution < 1.29 is 14.3 Å². The van der Waals surface area contributed by atoms with E-state index in [1.165, 1.54) is 7.11 Å². The number of hydrogen-bond donors (Lipinski definition) is 2. The van der Waals surface area contributed by atoms with Crippen molar-refractivity contribution in [2.75, 3.05) is 25.7 Å². The monoisotopic (exact) mass is 332 g/mol. The molecule has 0 bridgehead atoms. The number of primary amides is 1. The van der Waals surface area contributed by atoms with Crippen molar-refractivity contribution in [3.63, 3.8) is 0 Å². The summed E-state index contributed by atoms with van der Waals surface area (Å²) in [4.78, 5) is 10.8. The molecule has 1 amide bonds. The first-order valence-corrected chi connectivity index (χ1v) is 8.25. The van der Waals surface area contributed by atoms with Crippen molar-refractivity contribution in [3.05, 3.63) is 22.7 Å². The van der Waals surface area contributed by atoms with Crippen molar-refractivity contribution in [1.82, 2.24) is 5.32 Å². The van der Waals surface area contributed by atoms with Gasteiger partial charge in [0, 0.05) is 18.3 Å². The lowest BCUT2D eigenvalue weighted by atomic mass is 10.2. The molecule has 0 aliphatic rings. The quantitative estimate of drug-likeness (QED) is 0.724. The van der Waals surface area contributed by atoms with Gasteiger partial charge in [0.2, 0.25) is 0 Å². The molecule has 3 N–H and O–H groups in total. The van der Waals surface area contributed by atoms with Gasteiger partial charge in [-0.3, -0.25) is 4.79 Å². The first kappa shape index (κ1) is 17.9. The molecule has 1 atom stereocenters. The Morgan fingerprint density at radius 2 is 2.24 bits per heavy atom. The molecule has 118 valence electrons. The van der Waals surface area contributed by atoms with E-state index in [-0.39, 0.29) is 6.61 Å². The molecule has 1 aromatic carbocycles. The van der Waals surface area contributed by atoms with Crippen LogP contribution in [0.25, 0.3) is 0 Å². The third-order valence-corrected chi connectivity index (χ3v) is 3.83. The van der Waals surface area contributed by atoms with Gasteiger partial charge in [-0.15, -0.1) is 0 Å². The molecule has 0 heterocycles. The molecule has 0 aromatic heterocycles. The average Bonchev–Trinajstić information content (AvgIpc) is 2.43. The van der Waals surface area contributed by atoms with E-state index in [1.54, 1.807) is 17.8 Å². The molecule has 0 saturated heterocycles. The van der Waals surface area contributed by atoms with Gasteiger partial charge in [-0.2, -0.15) is 11.8 Å². The number of thioether (sulfide) groups is 1. The molecule has 0 aliphatic heterocycles. The van der Waals surface area contributed by atoms with E-state index in [0.29, 0.717) is 29.1 Å². The number of ether oxygens (including phenoxy) is 2. The molecule has 0 fully saturated rings. The van der Waals surface area contributed by atoms with Crippen LogP contribution in [0.5, 0.6) is 11.5 Å². The fourth-order valence-corrected chi connectivity index (χ4v) is 2.67. The number of methoxy groups -OCH3 is 1. The second-order valence-electron chi connectivity index (χ2n) is 4.60. The van der Waals surface area contributed by atoms with Crippen molar-refractivity contribution >= 4 is 29.3 Å². The van der Waals surface area contributed by atoms with Gasteiger partial charge in [-0.05, 0) is 30.9 Å². The molecule has 0 spiro atoms. The number of carbonyl (C=O) groups excluding carboxylic acids is 1. The molecule has 0 saturated carbocycles. The van der Waals surface area contributed by atoms with Gasteiger partial charge >= 0.3 is 0 Å². The normalized spacial score (nSPS) is 12.0. The fraction of sp³-hybridized carbons (Fsp3) is 0.500. The number of hydrogen-bond acceptors (Lipinski definition) is 5. The first-order chi connectivity index (χ1) is 9.97. The van der Waals surface area contributed by atoms with Crippen LogP contribution in [-0.2, 0) is 11.3 Å². The predicted molar refractivity (Wildman–Crippen MR) is 87.4 cm³/mol. The Balaban J connectivity index is 2.80. The highest BCUT2D eigenvalue weighted by molar-refractivity contribution is 7.98. The number of rotatable bonds is 9. The maximum absolute atomic E-state index is 10.8. The Kier molecular flexibility index (Phi) is 7.71. The molecule has 5 nitrogen and oxygen atoms in total. The summed E-state index contributed by atoms with van der Waals surface area (Å²) in [6.45, 7) is 2.56. The molecular formula is C14H21ClN2O3S. The molecule has 0 aliphatic carbocycles. The van der Waals surface area contributed by atoms with Gasteiger partial charge in [0.05, 0.1) is 12.1 Å². The van der Waals surface area contributed by atoms with Crippen molar-refractivity contribution in [3.8, 4) is 11.5 Å². The number of benzene rings is 1. The molecule has 1 aromatic rings. The highest BCUT2D eigenvalue weighted by Gasteiger charge is 2.13. The second kappa shape index (κ2) is 9.02. The second-order valence-corrected chi connectivity index (χ2v) is 5.92. The van der Waals surface area contributed by atoms with Crippen LogP contribution in [0.1, 0.15) is 12.5 Å². The first-order valence-electron chi connectivity index (χ1n) is 6.47. The van der Waals surface area contributed by atoms with Crippen LogP contribution < -0.4 is 20.5 Å². The number of carbonyl (C=O) groups is 1. The molecule has 1 unspecified atom stereocenters. The van der Waals surface area contributed by atoms with Crippen LogP contribution in [0, 0.1) is 0 Å². The average molecular weight is 333 g/mol. The fourth-order valence-electron chi connectivity index (χ4n) is 1.76. The van der Waals surface area contributed by atoms with E-state index in [9.17, 15) is 4.79 Å². The lowest BCUT2D eigenvalue weighted by Gasteiger charge is -2.16. The van der Waals surface area contributed by atoms with Crippen molar-refractivity contribution in [2.45, 2.75) is 19.5 Å². The van der Waals surface area contributed by atoms with Gasteiger partial charge in [-0.1, -0.05) is 11.6 Å². The molecule has 1 rings (SSSR count). The summed E-state index contributed by atoms with van der Waals surface area (Å²) in [7, 11) is 1.52. The Hall–Kier alpha value is -1.11. The summed E-state index contributed by atoms with van der Waals surface area (Å²) in [5, 5.41) is 3.79. The predicted octanol–water partition coefficient (Wildman–Crippen LogP) is 2.05. The summed E-state index contributed by atoms with van der Waals surface area (Å²) in [5.74, 6) is 1.28. The summed E-state index contributed by atoms with van der Waals surface area (Å²) in [6, 6.07) is 4.02. The van der Waals surface area contributed by atoms with Crippen LogP contribution in [-0.4, -0.2) is 37.7 Å². The maximum Gasteiger partial charge on any atom is 0.255 e. The zero-order chi connectivity index (χ0) is 15.8. The highest BCUT2D eigenvalue weighted by Crippen LogP contribution is 2.36. The van der Waals surface area contributed by atoms with E-state index in [2.05, 4.69) is 18.5 Å². The lowest BCUT2D eigenvalue weighted by Crippen LogP contribution is -2.27. The Morgan fingerprint density at radius 3 is 2.81 bits per heavy atom. The van der Waals surface area contributed by atoms with Crippen LogP contribution >= 0.6 is 23.4 Å². The van der Waals surface area contributed by atoms with E-state index in [4.69, 9.17) is 26.8 Å². The van der Waals surface area contributed by atoms with Crippen LogP contribution in [0.2, 0.25) is 5.02 Å². The Labute approximate surface area is 134 Å². The van der Waals surface area contributed by atoms with E-state index < -0.39 is 5.91 Å². The summed E-state index contributed by atoms with van der Waals surface area (Å²) < 4.78 is 10.5. The number of nitrogens with two attached hydrogens (primary N) is 1. The molecule has 0 radical (unpaired) electrons. The third kappa shape index (κ3) is 6.03. The van der Waals surface area contributed by atoms with Crippen molar-refractivity contribution in [2.24, 2.45) is 5.73 Å². The smallest absolute Gasteiger partial charge is 0.255 e. The van der Waals surface area contributed by atoms with Crippen LogP contribution in [0.4, 0.5) is 0 Å². The van der Waals surface area contributed by atoms with Gasteiger partial charge in [0.25, 0.3) is 5.91 Å². The zero-order valence-electron chi connectivity index (χ0n) is 12.4. The third-order valence-electron chi connectivity index (χ3n) is 2.72. The van der Waals surface area contributed by atoms with Gasteiger partial charge in [0.1, 0.15) is 0 Å². The van der Waals surface area contributed by atoms with E-state index in [1.807, 2.05) is 6.07 Å². The minimum atomic E-state index is -0.565. The number of amides is 1. The minimum Gasteiger partial charge on any atom is -0.493 e. The molecule has 21 heavy (non-hydrogen) atoms. The Morgan fingerprint density at radius 1 is 1.52 bits per heavy atom. The Bertz CT molecular complexity index is 486. The van der Waals surface area contributed by atoms with Crippen molar-refractivity contribution in [1.29, 1.82) is 0 Å². The summed E-state index contributed by atoms with van der Waals surface area (Å²) in [6.07, 6.45) is 2.07. The standard InChI is InChI=1S/C14H21ClN2O3S/c1-9(8-21-3)17-6-10-4-11(15)14(12(5-10)19-2)20-7-13(16)18/h4-5,9,17H,6-8H2,1-3H3,(H2,16,18). The molecular weight excluding hydrogens is 312 g/mol. The number of halogens is 1. The largest absolute Gasteiger partial charge is 0.493 e. The summed E-state index contributed by atoms with van der Waals surface area (Å²) >= 11 is 7.97. The SMILES string of the molecule is COc1cc(CNC(C)CSC)cc(Cl)c1OCC(N)=O. The van der Waals surface area contributed by atoms with Gasteiger partial charge in [0.15, 0.2) is 18.1 Å². The highest BCUT2D eigenvalue weighted by atomic mass is 35.5. The zero-order valence-corrected chi connectivity index (χ0v) is 14.0. The minimum absolute atomic E-state index is 0.238.